The van der Waals surface area contributed by atoms with Crippen LogP contribution in [0.1, 0.15) is 38.5 Å². The van der Waals surface area contributed by atoms with Crippen molar-refractivity contribution in [1.29, 1.82) is 0 Å². The number of rotatable bonds is 4. The van der Waals surface area contributed by atoms with Crippen molar-refractivity contribution in [1.82, 2.24) is 14.8 Å². The van der Waals surface area contributed by atoms with Crippen LogP contribution < -0.4 is 5.69 Å². The molecule has 19 heavy (non-hydrogen) atoms. The van der Waals surface area contributed by atoms with Crippen LogP contribution in [0.25, 0.3) is 0 Å². The lowest BCUT2D eigenvalue weighted by atomic mass is 10.1. The van der Waals surface area contributed by atoms with Crippen molar-refractivity contribution in [2.24, 2.45) is 0 Å². The number of nitrogens with one attached hydrogen (secondary N) is 1. The van der Waals surface area contributed by atoms with Crippen LogP contribution in [0.2, 0.25) is 0 Å². The van der Waals surface area contributed by atoms with Crippen LogP contribution in [0.15, 0.2) is 39.1 Å². The first-order chi connectivity index (χ1) is 9.00. The highest BCUT2D eigenvalue weighted by Crippen LogP contribution is 2.32. The standard InChI is InChI=1S/C13H17N3O2S/c1-8(2)16-12(18)14-15-13(16)19-11-7-5-4-6-10(11)9(3)17/h4-9,17H,1-3H3,(H,14,18). The van der Waals surface area contributed by atoms with Crippen LogP contribution in [0.5, 0.6) is 0 Å². The van der Waals surface area contributed by atoms with Gasteiger partial charge in [0.25, 0.3) is 0 Å². The van der Waals surface area contributed by atoms with E-state index in [0.717, 1.165) is 10.5 Å². The van der Waals surface area contributed by atoms with Crippen molar-refractivity contribution in [2.75, 3.05) is 0 Å². The summed E-state index contributed by atoms with van der Waals surface area (Å²) in [7, 11) is 0. The zero-order valence-corrected chi connectivity index (χ0v) is 11.9. The highest BCUT2D eigenvalue weighted by molar-refractivity contribution is 7.99. The van der Waals surface area contributed by atoms with Crippen molar-refractivity contribution in [3.8, 4) is 0 Å². The number of aromatic amines is 1. The first-order valence-corrected chi connectivity index (χ1v) is 6.94. The predicted molar refractivity (Wildman–Crippen MR) is 74.4 cm³/mol. The minimum atomic E-state index is -0.554. The van der Waals surface area contributed by atoms with Gasteiger partial charge in [0.2, 0.25) is 0 Å². The van der Waals surface area contributed by atoms with Gasteiger partial charge in [0.15, 0.2) is 5.16 Å². The Bertz CT molecular complexity index is 616. The smallest absolute Gasteiger partial charge is 0.344 e. The van der Waals surface area contributed by atoms with E-state index in [2.05, 4.69) is 10.2 Å². The number of H-pyrrole nitrogens is 1. The summed E-state index contributed by atoms with van der Waals surface area (Å²) in [6.07, 6.45) is -0.554. The molecule has 102 valence electrons. The molecule has 0 aliphatic carbocycles. The summed E-state index contributed by atoms with van der Waals surface area (Å²) in [5.74, 6) is 0. The largest absolute Gasteiger partial charge is 0.389 e. The van der Waals surface area contributed by atoms with Crippen molar-refractivity contribution < 1.29 is 5.11 Å². The van der Waals surface area contributed by atoms with E-state index in [-0.39, 0.29) is 11.7 Å². The SMILES string of the molecule is CC(O)c1ccccc1Sc1n[nH]c(=O)n1C(C)C. The second kappa shape index (κ2) is 5.63. The van der Waals surface area contributed by atoms with Crippen LogP contribution in [0, 0.1) is 0 Å². The van der Waals surface area contributed by atoms with Crippen molar-refractivity contribution in [2.45, 2.75) is 43.0 Å². The van der Waals surface area contributed by atoms with Gasteiger partial charge in [-0.3, -0.25) is 4.57 Å². The molecule has 1 aromatic carbocycles. The van der Waals surface area contributed by atoms with Crippen LogP contribution in [0.4, 0.5) is 0 Å². The summed E-state index contributed by atoms with van der Waals surface area (Å²) in [6.45, 7) is 5.59. The van der Waals surface area contributed by atoms with Crippen LogP contribution >= 0.6 is 11.8 Å². The average molecular weight is 279 g/mol. The molecule has 2 aromatic rings. The molecular formula is C13H17N3O2S. The van der Waals surface area contributed by atoms with Gasteiger partial charge in [0, 0.05) is 10.9 Å². The Morgan fingerprint density at radius 2 is 2.00 bits per heavy atom. The Labute approximate surface area is 115 Å². The monoisotopic (exact) mass is 279 g/mol. The van der Waals surface area contributed by atoms with Crippen molar-refractivity contribution >= 4 is 11.8 Å². The fourth-order valence-corrected chi connectivity index (χ4v) is 3.02. The predicted octanol–water partition coefficient (Wildman–Crippen LogP) is 2.36. The van der Waals surface area contributed by atoms with E-state index in [1.54, 1.807) is 11.5 Å². The minimum absolute atomic E-state index is 0.0347. The summed E-state index contributed by atoms with van der Waals surface area (Å²) in [6, 6.07) is 7.60. The van der Waals surface area contributed by atoms with E-state index < -0.39 is 6.10 Å². The third-order valence-electron chi connectivity index (χ3n) is 2.76. The molecule has 0 amide bonds. The number of aromatic nitrogens is 3. The van der Waals surface area contributed by atoms with Gasteiger partial charge in [-0.15, -0.1) is 5.10 Å². The highest BCUT2D eigenvalue weighted by Gasteiger charge is 2.15. The second-order valence-electron chi connectivity index (χ2n) is 4.59. The Morgan fingerprint density at radius 1 is 1.32 bits per heavy atom. The lowest BCUT2D eigenvalue weighted by Gasteiger charge is -2.12. The molecule has 1 unspecified atom stereocenters. The van der Waals surface area contributed by atoms with Crippen LogP contribution in [-0.2, 0) is 0 Å². The van der Waals surface area contributed by atoms with Gasteiger partial charge in [-0.25, -0.2) is 9.89 Å². The van der Waals surface area contributed by atoms with Crippen LogP contribution in [-0.4, -0.2) is 19.9 Å². The molecule has 0 fully saturated rings. The first kappa shape index (κ1) is 13.9. The second-order valence-corrected chi connectivity index (χ2v) is 5.60. The lowest BCUT2D eigenvalue weighted by molar-refractivity contribution is 0.196. The third-order valence-corrected chi connectivity index (χ3v) is 3.82. The molecule has 1 heterocycles. The van der Waals surface area contributed by atoms with Crippen molar-refractivity contribution in [3.63, 3.8) is 0 Å². The lowest BCUT2D eigenvalue weighted by Crippen LogP contribution is -2.19. The molecule has 0 spiro atoms. The molecule has 0 radical (unpaired) electrons. The molecule has 0 saturated carbocycles. The summed E-state index contributed by atoms with van der Waals surface area (Å²) in [5.41, 5.74) is 0.616. The molecular weight excluding hydrogens is 262 g/mol. The molecule has 0 aliphatic rings. The fourth-order valence-electron chi connectivity index (χ4n) is 1.83. The van der Waals surface area contributed by atoms with E-state index in [0.29, 0.717) is 5.16 Å². The molecule has 1 atom stereocenters. The maximum absolute atomic E-state index is 11.7. The fraction of sp³-hybridized carbons (Fsp3) is 0.385. The van der Waals surface area contributed by atoms with Gasteiger partial charge in [-0.2, -0.15) is 0 Å². The van der Waals surface area contributed by atoms with E-state index in [4.69, 9.17) is 0 Å². The molecule has 2 rings (SSSR count). The van der Waals surface area contributed by atoms with Crippen molar-refractivity contribution in [3.05, 3.63) is 40.3 Å². The molecule has 5 nitrogen and oxygen atoms in total. The average Bonchev–Trinajstić information content (AvgIpc) is 2.71. The Hall–Kier alpha value is -1.53. The molecule has 1 aromatic heterocycles. The number of benzene rings is 1. The quantitative estimate of drug-likeness (QED) is 0.901. The van der Waals surface area contributed by atoms with E-state index >= 15 is 0 Å². The minimum Gasteiger partial charge on any atom is -0.389 e. The van der Waals surface area contributed by atoms with Gasteiger partial charge in [-0.1, -0.05) is 18.2 Å². The maximum atomic E-state index is 11.7. The van der Waals surface area contributed by atoms with Crippen LogP contribution in [0.3, 0.4) is 0 Å². The zero-order chi connectivity index (χ0) is 14.0. The summed E-state index contributed by atoms with van der Waals surface area (Å²) in [5, 5.41) is 16.9. The van der Waals surface area contributed by atoms with E-state index in [1.807, 2.05) is 38.1 Å². The zero-order valence-electron chi connectivity index (χ0n) is 11.1. The molecule has 0 saturated heterocycles. The summed E-state index contributed by atoms with van der Waals surface area (Å²) >= 11 is 1.38. The maximum Gasteiger partial charge on any atom is 0.344 e. The number of hydrogen-bond donors (Lipinski definition) is 2. The third kappa shape index (κ3) is 2.90. The summed E-state index contributed by atoms with van der Waals surface area (Å²) in [4.78, 5) is 12.6. The molecule has 0 bridgehead atoms. The van der Waals surface area contributed by atoms with Gasteiger partial charge in [-0.05, 0) is 44.2 Å². The number of aliphatic hydroxyl groups excluding tert-OH is 1. The Balaban J connectivity index is 2.40. The number of hydrogen-bond acceptors (Lipinski definition) is 4. The molecule has 0 aliphatic heterocycles. The molecule has 6 heteroatoms. The van der Waals surface area contributed by atoms with E-state index in [9.17, 15) is 9.90 Å². The van der Waals surface area contributed by atoms with Gasteiger partial charge in [0.05, 0.1) is 6.10 Å². The van der Waals surface area contributed by atoms with E-state index in [1.165, 1.54) is 11.8 Å². The molecule has 2 N–H and O–H groups in total. The highest BCUT2D eigenvalue weighted by atomic mass is 32.2. The van der Waals surface area contributed by atoms with Gasteiger partial charge >= 0.3 is 5.69 Å². The topological polar surface area (TPSA) is 70.9 Å². The Morgan fingerprint density at radius 3 is 2.63 bits per heavy atom. The Kier molecular flexibility index (Phi) is 4.11. The first-order valence-electron chi connectivity index (χ1n) is 6.12. The van der Waals surface area contributed by atoms with Gasteiger partial charge in [0.1, 0.15) is 0 Å². The summed E-state index contributed by atoms with van der Waals surface area (Å²) < 4.78 is 1.60. The van der Waals surface area contributed by atoms with Gasteiger partial charge < -0.3 is 5.11 Å². The number of aliphatic hydroxyl groups is 1. The normalized spacial score (nSPS) is 12.9. The number of nitrogens with zero attached hydrogens (tertiary/aromatic N) is 2.